The number of carbonyl (C=O) groups is 1. The van der Waals surface area contributed by atoms with Gasteiger partial charge in [-0.1, -0.05) is 5.16 Å². The van der Waals surface area contributed by atoms with Crippen LogP contribution in [-0.2, 0) is 11.2 Å². The molecule has 0 fully saturated rings. The van der Waals surface area contributed by atoms with E-state index in [1.807, 2.05) is 0 Å². The van der Waals surface area contributed by atoms with Crippen LogP contribution in [-0.4, -0.2) is 30.3 Å². The second kappa shape index (κ2) is 6.05. The molecule has 1 amide bonds. The van der Waals surface area contributed by atoms with Gasteiger partial charge in [0.25, 0.3) is 0 Å². The summed E-state index contributed by atoms with van der Waals surface area (Å²) in [5.41, 5.74) is 0.554. The van der Waals surface area contributed by atoms with Crippen molar-refractivity contribution in [3.05, 3.63) is 29.9 Å². The summed E-state index contributed by atoms with van der Waals surface area (Å²) < 4.78 is 15.1. The van der Waals surface area contributed by atoms with Crippen LogP contribution >= 0.6 is 0 Å². The van der Waals surface area contributed by atoms with Gasteiger partial charge in [0, 0.05) is 13.0 Å². The van der Waals surface area contributed by atoms with E-state index < -0.39 is 0 Å². The summed E-state index contributed by atoms with van der Waals surface area (Å²) >= 11 is 0. The molecule has 0 aliphatic carbocycles. The number of aromatic nitrogens is 2. The molecular formula is C13H15N3O4. The maximum Gasteiger partial charge on any atom is 0.232 e. The van der Waals surface area contributed by atoms with E-state index in [1.54, 1.807) is 32.2 Å². The molecule has 20 heavy (non-hydrogen) atoms. The summed E-state index contributed by atoms with van der Waals surface area (Å²) in [5.74, 6) is 1.67. The molecule has 7 heteroatoms. The third-order valence-electron chi connectivity index (χ3n) is 2.57. The molecule has 1 heterocycles. The molecular weight excluding hydrogens is 262 g/mol. The normalized spacial score (nSPS) is 10.2. The van der Waals surface area contributed by atoms with Gasteiger partial charge in [0.05, 0.1) is 26.3 Å². The molecule has 1 aromatic heterocycles. The Bertz CT molecular complexity index is 609. The molecule has 2 rings (SSSR count). The van der Waals surface area contributed by atoms with Gasteiger partial charge in [-0.2, -0.15) is 4.98 Å². The molecule has 0 aliphatic rings. The van der Waals surface area contributed by atoms with Crippen LogP contribution in [0.3, 0.4) is 0 Å². The average molecular weight is 277 g/mol. The van der Waals surface area contributed by atoms with Gasteiger partial charge in [0.2, 0.25) is 11.8 Å². The molecule has 0 saturated carbocycles. The van der Waals surface area contributed by atoms with E-state index in [2.05, 4.69) is 15.5 Å². The molecule has 0 unspecified atom stereocenters. The average Bonchev–Trinajstić information content (AvgIpc) is 2.84. The van der Waals surface area contributed by atoms with E-state index in [0.29, 0.717) is 28.9 Å². The number of hydrogen-bond acceptors (Lipinski definition) is 6. The second-order valence-corrected chi connectivity index (χ2v) is 4.02. The first kappa shape index (κ1) is 13.9. The van der Waals surface area contributed by atoms with Crippen LogP contribution in [0.25, 0.3) is 0 Å². The molecule has 0 atom stereocenters. The number of carbonyl (C=O) groups excluding carboxylic acids is 1. The number of ether oxygens (including phenoxy) is 2. The molecule has 7 nitrogen and oxygen atoms in total. The highest BCUT2D eigenvalue weighted by atomic mass is 16.5. The summed E-state index contributed by atoms with van der Waals surface area (Å²) in [6.45, 7) is 1.67. The predicted octanol–water partition coefficient (Wildman–Crippen LogP) is 1.58. The van der Waals surface area contributed by atoms with Crippen molar-refractivity contribution >= 4 is 11.6 Å². The van der Waals surface area contributed by atoms with Crippen molar-refractivity contribution in [1.29, 1.82) is 0 Å². The van der Waals surface area contributed by atoms with E-state index in [4.69, 9.17) is 14.0 Å². The number of hydrogen-bond donors (Lipinski definition) is 1. The Morgan fingerprint density at radius 1 is 1.35 bits per heavy atom. The maximum absolute atomic E-state index is 11.9. The van der Waals surface area contributed by atoms with Crippen molar-refractivity contribution in [1.82, 2.24) is 10.1 Å². The largest absolute Gasteiger partial charge is 0.497 e. The van der Waals surface area contributed by atoms with Gasteiger partial charge in [-0.25, -0.2) is 0 Å². The Balaban J connectivity index is 2.07. The van der Waals surface area contributed by atoms with E-state index in [-0.39, 0.29) is 12.3 Å². The van der Waals surface area contributed by atoms with E-state index >= 15 is 0 Å². The third kappa shape index (κ3) is 3.25. The maximum atomic E-state index is 11.9. The summed E-state index contributed by atoms with van der Waals surface area (Å²) in [5, 5.41) is 6.40. The van der Waals surface area contributed by atoms with Crippen molar-refractivity contribution in [2.45, 2.75) is 13.3 Å². The third-order valence-corrected chi connectivity index (χ3v) is 2.57. The summed E-state index contributed by atoms with van der Waals surface area (Å²) in [6.07, 6.45) is 0.0342. The van der Waals surface area contributed by atoms with Crippen molar-refractivity contribution in [3.8, 4) is 11.5 Å². The Hall–Kier alpha value is -2.57. The number of amides is 1. The van der Waals surface area contributed by atoms with Gasteiger partial charge in [-0.3, -0.25) is 4.79 Å². The van der Waals surface area contributed by atoms with Crippen molar-refractivity contribution in [3.63, 3.8) is 0 Å². The van der Waals surface area contributed by atoms with Crippen LogP contribution < -0.4 is 14.8 Å². The number of nitrogens with one attached hydrogen (secondary N) is 1. The SMILES string of the molecule is COc1ccc(NC(=O)Cc2noc(C)n2)c(OC)c1. The van der Waals surface area contributed by atoms with E-state index in [1.165, 1.54) is 7.11 Å². The van der Waals surface area contributed by atoms with Crippen LogP contribution in [0.1, 0.15) is 11.7 Å². The number of anilines is 1. The lowest BCUT2D eigenvalue weighted by molar-refractivity contribution is -0.115. The van der Waals surface area contributed by atoms with Gasteiger partial charge < -0.3 is 19.3 Å². The zero-order chi connectivity index (χ0) is 14.5. The quantitative estimate of drug-likeness (QED) is 0.892. The van der Waals surface area contributed by atoms with Crippen LogP contribution in [0, 0.1) is 6.92 Å². The molecule has 0 spiro atoms. The number of benzene rings is 1. The standard InChI is InChI=1S/C13H15N3O4/c1-8-14-12(16-20-8)7-13(17)15-10-5-4-9(18-2)6-11(10)19-3/h4-6H,7H2,1-3H3,(H,15,17). The van der Waals surface area contributed by atoms with Gasteiger partial charge >= 0.3 is 0 Å². The zero-order valence-electron chi connectivity index (χ0n) is 11.5. The molecule has 0 bridgehead atoms. The predicted molar refractivity (Wildman–Crippen MR) is 70.9 cm³/mol. The van der Waals surface area contributed by atoms with Gasteiger partial charge in [-0.05, 0) is 12.1 Å². The minimum atomic E-state index is -0.255. The van der Waals surface area contributed by atoms with Crippen LogP contribution in [0.15, 0.2) is 22.7 Å². The fourth-order valence-corrected chi connectivity index (χ4v) is 1.65. The molecule has 1 aromatic carbocycles. The minimum Gasteiger partial charge on any atom is -0.497 e. The Morgan fingerprint density at radius 2 is 2.15 bits per heavy atom. The van der Waals surface area contributed by atoms with Crippen LogP contribution in [0.4, 0.5) is 5.69 Å². The van der Waals surface area contributed by atoms with Crippen LogP contribution in [0.5, 0.6) is 11.5 Å². The highest BCUT2D eigenvalue weighted by molar-refractivity contribution is 5.93. The number of methoxy groups -OCH3 is 2. The molecule has 2 aromatic rings. The van der Waals surface area contributed by atoms with Gasteiger partial charge in [0.1, 0.15) is 11.5 Å². The van der Waals surface area contributed by atoms with E-state index in [0.717, 1.165) is 0 Å². The summed E-state index contributed by atoms with van der Waals surface area (Å²) in [7, 11) is 3.08. The smallest absolute Gasteiger partial charge is 0.232 e. The Labute approximate surface area is 115 Å². The van der Waals surface area contributed by atoms with Crippen molar-refractivity contribution < 1.29 is 18.8 Å². The molecule has 0 aliphatic heterocycles. The molecule has 1 N–H and O–H groups in total. The lowest BCUT2D eigenvalue weighted by Crippen LogP contribution is -2.15. The fraction of sp³-hybridized carbons (Fsp3) is 0.308. The number of nitrogens with zero attached hydrogens (tertiary/aromatic N) is 2. The van der Waals surface area contributed by atoms with Crippen LogP contribution in [0.2, 0.25) is 0 Å². The van der Waals surface area contributed by atoms with Crippen molar-refractivity contribution in [2.75, 3.05) is 19.5 Å². The molecule has 0 radical (unpaired) electrons. The highest BCUT2D eigenvalue weighted by Gasteiger charge is 2.12. The fourth-order valence-electron chi connectivity index (χ4n) is 1.65. The van der Waals surface area contributed by atoms with Crippen molar-refractivity contribution in [2.24, 2.45) is 0 Å². The molecule has 0 saturated heterocycles. The lowest BCUT2D eigenvalue weighted by atomic mass is 10.2. The summed E-state index contributed by atoms with van der Waals surface area (Å²) in [6, 6.07) is 5.13. The zero-order valence-corrected chi connectivity index (χ0v) is 11.5. The van der Waals surface area contributed by atoms with Gasteiger partial charge in [0.15, 0.2) is 5.82 Å². The number of rotatable bonds is 5. The number of aryl methyl sites for hydroxylation is 1. The Morgan fingerprint density at radius 3 is 2.75 bits per heavy atom. The van der Waals surface area contributed by atoms with E-state index in [9.17, 15) is 4.79 Å². The topological polar surface area (TPSA) is 86.5 Å². The first-order valence-electron chi connectivity index (χ1n) is 5.93. The molecule has 106 valence electrons. The second-order valence-electron chi connectivity index (χ2n) is 4.02. The Kier molecular flexibility index (Phi) is 4.19. The monoisotopic (exact) mass is 277 g/mol. The minimum absolute atomic E-state index is 0.0342. The summed E-state index contributed by atoms with van der Waals surface area (Å²) in [4.78, 5) is 15.9. The first-order valence-corrected chi connectivity index (χ1v) is 5.93. The first-order chi connectivity index (χ1) is 9.62. The highest BCUT2D eigenvalue weighted by Crippen LogP contribution is 2.28. The lowest BCUT2D eigenvalue weighted by Gasteiger charge is -2.10. The van der Waals surface area contributed by atoms with Gasteiger partial charge in [-0.15, -0.1) is 0 Å².